The maximum atomic E-state index is 10.9. The molecule has 0 saturated carbocycles. The van der Waals surface area contributed by atoms with Crippen LogP contribution in [0.2, 0.25) is 0 Å². The van der Waals surface area contributed by atoms with Crippen LogP contribution in [0.3, 0.4) is 0 Å². The van der Waals surface area contributed by atoms with E-state index in [1.807, 2.05) is 72.8 Å². The molecule has 34 heavy (non-hydrogen) atoms. The Morgan fingerprint density at radius 1 is 0.794 bits per heavy atom. The zero-order valence-corrected chi connectivity index (χ0v) is 18.5. The second kappa shape index (κ2) is 10.7. The molecule has 0 saturated heterocycles. The Kier molecular flexibility index (Phi) is 7.22. The van der Waals surface area contributed by atoms with E-state index in [4.69, 9.17) is 19.4 Å². The van der Waals surface area contributed by atoms with Crippen molar-refractivity contribution in [3.05, 3.63) is 72.8 Å². The van der Waals surface area contributed by atoms with Gasteiger partial charge in [-0.05, 0) is 60.4 Å². The molecule has 7 heteroatoms. The standard InChI is InChI=1S/C27H25NO6/c29-26(30)22(27(31)32)6-2-1-5-17-33-21-15-13-19(14-16-21)18-9-11-20(12-10-18)25-28-23-7-3-4-8-24(23)34-25/h3-4,7-16,22H,1-2,5-6,17H2,(H,29,30)(H,31,32). The van der Waals surface area contributed by atoms with Gasteiger partial charge in [-0.15, -0.1) is 0 Å². The number of aromatic nitrogens is 1. The Labute approximate surface area is 196 Å². The van der Waals surface area contributed by atoms with Crippen molar-refractivity contribution >= 4 is 23.0 Å². The Morgan fingerprint density at radius 2 is 1.41 bits per heavy atom. The number of unbranched alkanes of at least 4 members (excludes halogenated alkanes) is 2. The summed E-state index contributed by atoms with van der Waals surface area (Å²) >= 11 is 0. The molecule has 174 valence electrons. The van der Waals surface area contributed by atoms with Crippen molar-refractivity contribution in [2.75, 3.05) is 6.61 Å². The topological polar surface area (TPSA) is 110 Å². The molecule has 0 bridgehead atoms. The fourth-order valence-electron chi connectivity index (χ4n) is 3.71. The molecule has 0 aliphatic heterocycles. The maximum absolute atomic E-state index is 10.9. The molecule has 0 aliphatic carbocycles. The highest BCUT2D eigenvalue weighted by molar-refractivity contribution is 5.92. The summed E-state index contributed by atoms with van der Waals surface area (Å²) in [5.41, 5.74) is 4.64. The van der Waals surface area contributed by atoms with Crippen LogP contribution in [-0.4, -0.2) is 33.7 Å². The van der Waals surface area contributed by atoms with Gasteiger partial charge < -0.3 is 19.4 Å². The molecule has 0 fully saturated rings. The molecule has 0 atom stereocenters. The van der Waals surface area contributed by atoms with Crippen LogP contribution in [0.4, 0.5) is 0 Å². The van der Waals surface area contributed by atoms with E-state index in [-0.39, 0.29) is 6.42 Å². The fourth-order valence-corrected chi connectivity index (χ4v) is 3.71. The molecule has 1 heterocycles. The number of fused-ring (bicyclic) bond motifs is 1. The molecule has 0 aliphatic rings. The van der Waals surface area contributed by atoms with Crippen LogP contribution in [0.1, 0.15) is 25.7 Å². The number of hydrogen-bond acceptors (Lipinski definition) is 5. The minimum Gasteiger partial charge on any atom is -0.494 e. The molecular weight excluding hydrogens is 434 g/mol. The van der Waals surface area contributed by atoms with Gasteiger partial charge in [-0.2, -0.15) is 0 Å². The van der Waals surface area contributed by atoms with Crippen molar-refractivity contribution < 1.29 is 29.0 Å². The Balaban J connectivity index is 1.26. The van der Waals surface area contributed by atoms with Gasteiger partial charge >= 0.3 is 11.9 Å². The molecule has 4 aromatic rings. The van der Waals surface area contributed by atoms with Gasteiger partial charge in [0.2, 0.25) is 5.89 Å². The highest BCUT2D eigenvalue weighted by atomic mass is 16.5. The lowest BCUT2D eigenvalue weighted by molar-refractivity contribution is -0.154. The summed E-state index contributed by atoms with van der Waals surface area (Å²) in [6.07, 6.45) is 2.10. The number of rotatable bonds is 11. The highest BCUT2D eigenvalue weighted by Gasteiger charge is 2.24. The third kappa shape index (κ3) is 5.61. The Bertz CT molecular complexity index is 1210. The number of nitrogens with zero attached hydrogens (tertiary/aromatic N) is 1. The van der Waals surface area contributed by atoms with Crippen molar-refractivity contribution in [3.8, 4) is 28.3 Å². The average molecular weight is 459 g/mol. The van der Waals surface area contributed by atoms with E-state index in [0.717, 1.165) is 40.0 Å². The van der Waals surface area contributed by atoms with Crippen LogP contribution in [0.5, 0.6) is 5.75 Å². The summed E-state index contributed by atoms with van der Waals surface area (Å²) in [7, 11) is 0. The van der Waals surface area contributed by atoms with E-state index >= 15 is 0 Å². The molecule has 4 rings (SSSR count). The molecule has 0 unspecified atom stereocenters. The van der Waals surface area contributed by atoms with E-state index in [9.17, 15) is 9.59 Å². The monoisotopic (exact) mass is 459 g/mol. The second-order valence-corrected chi connectivity index (χ2v) is 8.02. The van der Waals surface area contributed by atoms with E-state index in [0.29, 0.717) is 25.3 Å². The van der Waals surface area contributed by atoms with Gasteiger partial charge in [0, 0.05) is 5.56 Å². The summed E-state index contributed by atoms with van der Waals surface area (Å²) < 4.78 is 11.6. The van der Waals surface area contributed by atoms with Gasteiger partial charge in [-0.1, -0.05) is 49.2 Å². The predicted octanol–water partition coefficient (Wildman–Crippen LogP) is 5.89. The van der Waals surface area contributed by atoms with E-state index in [1.54, 1.807) is 0 Å². The third-order valence-corrected chi connectivity index (χ3v) is 5.62. The first kappa shape index (κ1) is 23.0. The van der Waals surface area contributed by atoms with E-state index in [2.05, 4.69) is 4.98 Å². The molecule has 0 spiro atoms. The minimum absolute atomic E-state index is 0.130. The van der Waals surface area contributed by atoms with Crippen molar-refractivity contribution in [3.63, 3.8) is 0 Å². The number of aliphatic carboxylic acids is 2. The molecule has 1 aromatic heterocycles. The number of oxazole rings is 1. The molecule has 2 N–H and O–H groups in total. The van der Waals surface area contributed by atoms with Gasteiger partial charge in [-0.25, -0.2) is 4.98 Å². The first-order valence-electron chi connectivity index (χ1n) is 11.2. The van der Waals surface area contributed by atoms with Gasteiger partial charge in [0.1, 0.15) is 11.3 Å². The quantitative estimate of drug-likeness (QED) is 0.213. The number of carbonyl (C=O) groups is 2. The minimum atomic E-state index is -1.34. The summed E-state index contributed by atoms with van der Waals surface area (Å²) in [5, 5.41) is 17.8. The molecular formula is C27H25NO6. The highest BCUT2D eigenvalue weighted by Crippen LogP contribution is 2.28. The predicted molar refractivity (Wildman–Crippen MR) is 128 cm³/mol. The van der Waals surface area contributed by atoms with Crippen LogP contribution >= 0.6 is 0 Å². The lowest BCUT2D eigenvalue weighted by Gasteiger charge is -2.09. The molecule has 7 nitrogen and oxygen atoms in total. The second-order valence-electron chi connectivity index (χ2n) is 8.02. The summed E-state index contributed by atoms with van der Waals surface area (Å²) in [6.45, 7) is 0.489. The lowest BCUT2D eigenvalue weighted by atomic mass is 10.0. The van der Waals surface area contributed by atoms with Crippen LogP contribution < -0.4 is 4.74 Å². The Morgan fingerprint density at radius 3 is 2.06 bits per heavy atom. The molecule has 3 aromatic carbocycles. The first-order chi connectivity index (χ1) is 16.5. The zero-order chi connectivity index (χ0) is 23.9. The van der Waals surface area contributed by atoms with Gasteiger partial charge in [0.05, 0.1) is 6.61 Å². The summed E-state index contributed by atoms with van der Waals surface area (Å²) in [5.74, 6) is -2.56. The fraction of sp³-hybridized carbons (Fsp3) is 0.222. The number of hydrogen-bond donors (Lipinski definition) is 2. The number of para-hydroxylation sites is 2. The summed E-state index contributed by atoms with van der Waals surface area (Å²) in [4.78, 5) is 26.3. The zero-order valence-electron chi connectivity index (χ0n) is 18.5. The number of benzene rings is 3. The number of ether oxygens (including phenoxy) is 1. The van der Waals surface area contributed by atoms with Crippen LogP contribution in [0.25, 0.3) is 33.7 Å². The number of carboxylic acids is 2. The smallest absolute Gasteiger partial charge is 0.317 e. The summed E-state index contributed by atoms with van der Waals surface area (Å²) in [6, 6.07) is 23.5. The molecule has 0 radical (unpaired) electrons. The van der Waals surface area contributed by atoms with Crippen molar-refractivity contribution in [2.45, 2.75) is 25.7 Å². The van der Waals surface area contributed by atoms with Crippen LogP contribution in [-0.2, 0) is 9.59 Å². The Hall–Kier alpha value is -4.13. The van der Waals surface area contributed by atoms with E-state index < -0.39 is 17.9 Å². The van der Waals surface area contributed by atoms with Crippen molar-refractivity contribution in [1.29, 1.82) is 0 Å². The third-order valence-electron chi connectivity index (χ3n) is 5.62. The average Bonchev–Trinajstić information content (AvgIpc) is 3.28. The first-order valence-corrected chi connectivity index (χ1v) is 11.2. The normalized spacial score (nSPS) is 11.1. The van der Waals surface area contributed by atoms with E-state index in [1.165, 1.54) is 0 Å². The lowest BCUT2D eigenvalue weighted by Crippen LogP contribution is -2.23. The largest absolute Gasteiger partial charge is 0.494 e. The molecule has 0 amide bonds. The SMILES string of the molecule is O=C(O)C(CCCCCOc1ccc(-c2ccc(-c3nc4ccccc4o3)cc2)cc1)C(=O)O. The maximum Gasteiger partial charge on any atom is 0.317 e. The van der Waals surface area contributed by atoms with Gasteiger partial charge in [0.25, 0.3) is 0 Å². The number of carboxylic acid groups (broad SMARTS) is 2. The van der Waals surface area contributed by atoms with Gasteiger partial charge in [0.15, 0.2) is 11.5 Å². The van der Waals surface area contributed by atoms with Crippen LogP contribution in [0, 0.1) is 5.92 Å². The van der Waals surface area contributed by atoms with Crippen molar-refractivity contribution in [2.24, 2.45) is 5.92 Å². The van der Waals surface area contributed by atoms with Gasteiger partial charge in [-0.3, -0.25) is 9.59 Å². The van der Waals surface area contributed by atoms with Crippen molar-refractivity contribution in [1.82, 2.24) is 4.98 Å². The van der Waals surface area contributed by atoms with Crippen LogP contribution in [0.15, 0.2) is 77.2 Å².